The Balaban J connectivity index is 5.32. The standard InChI is InChI=1S/C7H12O6/c1-3(8)7(4(2)9,5(10)11)6(12)13/h3-4,8-9H,1-2H3,(H,10,11)(H,12,13). The van der Waals surface area contributed by atoms with Gasteiger partial charge < -0.3 is 20.4 Å². The Morgan fingerprint density at radius 3 is 1.23 bits per heavy atom. The van der Waals surface area contributed by atoms with Gasteiger partial charge in [-0.1, -0.05) is 0 Å². The molecule has 0 radical (unpaired) electrons. The fourth-order valence-electron chi connectivity index (χ4n) is 1.16. The number of aliphatic hydroxyl groups is 2. The Morgan fingerprint density at radius 1 is 1.00 bits per heavy atom. The van der Waals surface area contributed by atoms with Crippen molar-refractivity contribution in [2.45, 2.75) is 26.1 Å². The highest BCUT2D eigenvalue weighted by Gasteiger charge is 2.55. The molecule has 0 spiro atoms. The molecule has 0 heterocycles. The second kappa shape index (κ2) is 3.71. The molecular weight excluding hydrogens is 180 g/mol. The van der Waals surface area contributed by atoms with Gasteiger partial charge in [0.05, 0.1) is 12.2 Å². The maximum Gasteiger partial charge on any atom is 0.326 e. The van der Waals surface area contributed by atoms with Crippen molar-refractivity contribution in [1.82, 2.24) is 0 Å². The Hall–Kier alpha value is -1.14. The normalized spacial score (nSPS) is 16.3. The van der Waals surface area contributed by atoms with Crippen LogP contribution in [0.3, 0.4) is 0 Å². The van der Waals surface area contributed by atoms with Crippen LogP contribution in [0.2, 0.25) is 0 Å². The molecule has 0 aliphatic carbocycles. The Morgan fingerprint density at radius 2 is 1.23 bits per heavy atom. The third-order valence-electron chi connectivity index (χ3n) is 2.03. The van der Waals surface area contributed by atoms with Crippen LogP contribution >= 0.6 is 0 Å². The molecule has 0 aromatic rings. The molecule has 0 aliphatic rings. The maximum atomic E-state index is 10.6. The molecule has 6 nitrogen and oxygen atoms in total. The zero-order chi connectivity index (χ0) is 10.8. The molecule has 0 aliphatic heterocycles. The van der Waals surface area contributed by atoms with E-state index in [0.29, 0.717) is 0 Å². The van der Waals surface area contributed by atoms with Crippen LogP contribution < -0.4 is 0 Å². The van der Waals surface area contributed by atoms with E-state index < -0.39 is 29.6 Å². The van der Waals surface area contributed by atoms with E-state index in [4.69, 9.17) is 20.4 Å². The van der Waals surface area contributed by atoms with Gasteiger partial charge >= 0.3 is 11.9 Å². The van der Waals surface area contributed by atoms with E-state index in [-0.39, 0.29) is 0 Å². The third-order valence-corrected chi connectivity index (χ3v) is 2.03. The zero-order valence-corrected chi connectivity index (χ0v) is 7.26. The SMILES string of the molecule is CC(O)C(C(=O)O)(C(=O)O)C(C)O. The molecule has 0 aromatic carbocycles. The van der Waals surface area contributed by atoms with Crippen molar-refractivity contribution in [2.24, 2.45) is 5.41 Å². The molecule has 4 N–H and O–H groups in total. The molecule has 0 saturated carbocycles. The summed E-state index contributed by atoms with van der Waals surface area (Å²) >= 11 is 0. The lowest BCUT2D eigenvalue weighted by Gasteiger charge is -2.30. The van der Waals surface area contributed by atoms with Crippen molar-refractivity contribution in [1.29, 1.82) is 0 Å². The summed E-state index contributed by atoms with van der Waals surface area (Å²) in [4.78, 5) is 21.3. The first-order valence-corrected chi connectivity index (χ1v) is 3.60. The number of aliphatic carboxylic acids is 2. The van der Waals surface area contributed by atoms with Crippen LogP contribution in [-0.4, -0.2) is 44.6 Å². The number of hydrogen-bond donors (Lipinski definition) is 4. The quantitative estimate of drug-likeness (QED) is 0.420. The van der Waals surface area contributed by atoms with Crippen LogP contribution in [0.15, 0.2) is 0 Å². The maximum absolute atomic E-state index is 10.6. The van der Waals surface area contributed by atoms with Gasteiger partial charge in [0, 0.05) is 0 Å². The van der Waals surface area contributed by atoms with Crippen LogP contribution in [0.4, 0.5) is 0 Å². The first-order chi connectivity index (χ1) is 5.77. The first-order valence-electron chi connectivity index (χ1n) is 3.60. The molecule has 0 amide bonds. The van der Waals surface area contributed by atoms with E-state index in [2.05, 4.69) is 0 Å². The molecule has 6 heteroatoms. The smallest absolute Gasteiger partial charge is 0.326 e. The summed E-state index contributed by atoms with van der Waals surface area (Å²) in [5.74, 6) is -3.52. The van der Waals surface area contributed by atoms with E-state index in [1.807, 2.05) is 0 Å². The second-order valence-electron chi connectivity index (χ2n) is 2.83. The fraction of sp³-hybridized carbons (Fsp3) is 0.714. The minimum Gasteiger partial charge on any atom is -0.480 e. The average Bonchev–Trinajstić information content (AvgIpc) is 1.82. The van der Waals surface area contributed by atoms with Gasteiger partial charge in [0.1, 0.15) is 0 Å². The minimum atomic E-state index is -2.56. The largest absolute Gasteiger partial charge is 0.480 e. The van der Waals surface area contributed by atoms with E-state index in [9.17, 15) is 9.59 Å². The van der Waals surface area contributed by atoms with Crippen molar-refractivity contribution >= 4 is 11.9 Å². The summed E-state index contributed by atoms with van der Waals surface area (Å²) in [6.07, 6.45) is -3.36. The van der Waals surface area contributed by atoms with Crippen LogP contribution in [0.25, 0.3) is 0 Å². The summed E-state index contributed by atoms with van der Waals surface area (Å²) in [6.45, 7) is 2.02. The molecule has 76 valence electrons. The predicted octanol–water partition coefficient (Wildman–Crippen LogP) is -1.10. The molecule has 0 bridgehead atoms. The van der Waals surface area contributed by atoms with Crippen LogP contribution in [0.5, 0.6) is 0 Å². The number of rotatable bonds is 4. The van der Waals surface area contributed by atoms with Gasteiger partial charge in [0.2, 0.25) is 5.41 Å². The van der Waals surface area contributed by atoms with Gasteiger partial charge in [-0.3, -0.25) is 9.59 Å². The van der Waals surface area contributed by atoms with E-state index >= 15 is 0 Å². The molecule has 2 atom stereocenters. The predicted molar refractivity (Wildman–Crippen MR) is 41.1 cm³/mol. The Bertz CT molecular complexity index is 195. The number of carboxylic acids is 2. The minimum absolute atomic E-state index is 1.01. The lowest BCUT2D eigenvalue weighted by molar-refractivity contribution is -0.183. The highest BCUT2D eigenvalue weighted by molar-refractivity contribution is 5.99. The Kier molecular flexibility index (Phi) is 3.39. The van der Waals surface area contributed by atoms with E-state index in [0.717, 1.165) is 13.8 Å². The van der Waals surface area contributed by atoms with Gasteiger partial charge in [-0.05, 0) is 13.8 Å². The Labute approximate surface area is 74.4 Å². The molecule has 13 heavy (non-hydrogen) atoms. The van der Waals surface area contributed by atoms with Gasteiger partial charge in [-0.25, -0.2) is 0 Å². The lowest BCUT2D eigenvalue weighted by Crippen LogP contribution is -2.55. The van der Waals surface area contributed by atoms with Gasteiger partial charge in [0.15, 0.2) is 0 Å². The van der Waals surface area contributed by atoms with Crippen LogP contribution in [0, 0.1) is 5.41 Å². The van der Waals surface area contributed by atoms with Crippen molar-refractivity contribution in [3.63, 3.8) is 0 Å². The molecule has 2 unspecified atom stereocenters. The topological polar surface area (TPSA) is 115 Å². The molecule has 0 saturated heterocycles. The zero-order valence-electron chi connectivity index (χ0n) is 7.26. The highest BCUT2D eigenvalue weighted by Crippen LogP contribution is 2.27. The summed E-state index contributed by atoms with van der Waals surface area (Å²) in [5, 5.41) is 35.4. The number of carbonyl (C=O) groups is 2. The lowest BCUT2D eigenvalue weighted by atomic mass is 9.78. The van der Waals surface area contributed by atoms with Crippen LogP contribution in [0.1, 0.15) is 13.8 Å². The average molecular weight is 192 g/mol. The number of carboxylic acid groups (broad SMARTS) is 2. The van der Waals surface area contributed by atoms with E-state index in [1.54, 1.807) is 0 Å². The molecule has 0 fully saturated rings. The first kappa shape index (κ1) is 11.9. The molecule has 0 rings (SSSR count). The van der Waals surface area contributed by atoms with Crippen molar-refractivity contribution < 1.29 is 30.0 Å². The summed E-state index contributed by atoms with van der Waals surface area (Å²) < 4.78 is 0. The van der Waals surface area contributed by atoms with Crippen molar-refractivity contribution in [3.05, 3.63) is 0 Å². The fourth-order valence-corrected chi connectivity index (χ4v) is 1.16. The van der Waals surface area contributed by atoms with Crippen molar-refractivity contribution in [2.75, 3.05) is 0 Å². The second-order valence-corrected chi connectivity index (χ2v) is 2.83. The molecular formula is C7H12O6. The van der Waals surface area contributed by atoms with Crippen LogP contribution in [-0.2, 0) is 9.59 Å². The summed E-state index contributed by atoms with van der Waals surface area (Å²) in [5.41, 5.74) is -2.56. The van der Waals surface area contributed by atoms with Gasteiger partial charge in [0.25, 0.3) is 0 Å². The highest BCUT2D eigenvalue weighted by atomic mass is 16.4. The monoisotopic (exact) mass is 192 g/mol. The van der Waals surface area contributed by atoms with Crippen molar-refractivity contribution in [3.8, 4) is 0 Å². The van der Waals surface area contributed by atoms with Gasteiger partial charge in [-0.15, -0.1) is 0 Å². The molecule has 0 aromatic heterocycles. The number of aliphatic hydroxyl groups excluding tert-OH is 2. The number of hydrogen-bond acceptors (Lipinski definition) is 4. The third kappa shape index (κ3) is 1.63. The summed E-state index contributed by atoms with van der Waals surface area (Å²) in [6, 6.07) is 0. The van der Waals surface area contributed by atoms with E-state index in [1.165, 1.54) is 0 Å². The van der Waals surface area contributed by atoms with Gasteiger partial charge in [-0.2, -0.15) is 0 Å². The summed E-state index contributed by atoms with van der Waals surface area (Å²) in [7, 11) is 0.